The fourth-order valence-corrected chi connectivity index (χ4v) is 2.61. The Hall–Kier alpha value is -3.28. The third-order valence-corrected chi connectivity index (χ3v) is 4.09. The van der Waals surface area contributed by atoms with Crippen LogP contribution in [0.3, 0.4) is 0 Å². The zero-order valence-electron chi connectivity index (χ0n) is 15.3. The Morgan fingerprint density at radius 1 is 1.00 bits per heavy atom. The van der Waals surface area contributed by atoms with Crippen LogP contribution in [0.2, 0.25) is 0 Å². The number of benzene rings is 2. The maximum Gasteiger partial charge on any atom is 0.306 e. The lowest BCUT2D eigenvalue weighted by Gasteiger charge is -2.06. The van der Waals surface area contributed by atoms with Gasteiger partial charge in [-0.25, -0.2) is 0 Å². The molecule has 0 aliphatic rings. The first-order chi connectivity index (χ1) is 13.0. The van der Waals surface area contributed by atoms with Crippen LogP contribution in [0.5, 0.6) is 0 Å². The molecule has 2 aromatic carbocycles. The molecule has 3 aromatic rings. The molecule has 0 fully saturated rings. The Bertz CT molecular complexity index is 948. The first kappa shape index (κ1) is 18.5. The van der Waals surface area contributed by atoms with Crippen molar-refractivity contribution in [2.75, 3.05) is 0 Å². The molecule has 27 heavy (non-hydrogen) atoms. The van der Waals surface area contributed by atoms with Gasteiger partial charge < -0.3 is 9.15 Å². The van der Waals surface area contributed by atoms with E-state index in [1.807, 2.05) is 62.4 Å². The zero-order valence-corrected chi connectivity index (χ0v) is 15.3. The summed E-state index contributed by atoms with van der Waals surface area (Å²) < 4.78 is 10.6. The molecule has 138 valence electrons. The molecule has 6 heteroatoms. The van der Waals surface area contributed by atoms with Crippen molar-refractivity contribution in [1.82, 2.24) is 10.2 Å². The minimum atomic E-state index is -0.479. The van der Waals surface area contributed by atoms with Gasteiger partial charge in [0.1, 0.15) is 0 Å². The molecule has 0 radical (unpaired) electrons. The second-order valence-corrected chi connectivity index (χ2v) is 6.27. The predicted molar refractivity (Wildman–Crippen MR) is 99.0 cm³/mol. The topological polar surface area (TPSA) is 82.3 Å². The van der Waals surface area contributed by atoms with E-state index in [-0.39, 0.29) is 31.1 Å². The van der Waals surface area contributed by atoms with Gasteiger partial charge in [0.25, 0.3) is 5.89 Å². The number of carbonyl (C=O) groups excluding carboxylic acids is 2. The lowest BCUT2D eigenvalue weighted by molar-refractivity contribution is -0.145. The Morgan fingerprint density at radius 2 is 1.78 bits per heavy atom. The minimum absolute atomic E-state index is 0.00585. The summed E-state index contributed by atoms with van der Waals surface area (Å²) >= 11 is 0. The average molecular weight is 364 g/mol. The van der Waals surface area contributed by atoms with Crippen LogP contribution in [0.15, 0.2) is 52.9 Å². The van der Waals surface area contributed by atoms with Crippen LogP contribution in [-0.2, 0) is 16.1 Å². The molecule has 0 bridgehead atoms. The van der Waals surface area contributed by atoms with Crippen molar-refractivity contribution < 1.29 is 18.7 Å². The first-order valence-corrected chi connectivity index (χ1v) is 8.67. The fourth-order valence-electron chi connectivity index (χ4n) is 2.61. The Labute approximate surface area is 157 Å². The molecular weight excluding hydrogens is 344 g/mol. The summed E-state index contributed by atoms with van der Waals surface area (Å²) in [6.07, 6.45) is 0.105. The van der Waals surface area contributed by atoms with Crippen molar-refractivity contribution in [3.63, 3.8) is 0 Å². The smallest absolute Gasteiger partial charge is 0.306 e. The second kappa shape index (κ2) is 8.40. The summed E-state index contributed by atoms with van der Waals surface area (Å²) in [7, 11) is 0. The van der Waals surface area contributed by atoms with E-state index in [2.05, 4.69) is 10.2 Å². The average Bonchev–Trinajstić information content (AvgIpc) is 3.16. The number of Topliss-reactive ketones (excluding diaryl/α,β-unsaturated/α-hetero) is 1. The van der Waals surface area contributed by atoms with Gasteiger partial charge in [0.2, 0.25) is 5.89 Å². The van der Waals surface area contributed by atoms with Gasteiger partial charge in [-0.1, -0.05) is 35.9 Å². The Kier molecular flexibility index (Phi) is 5.76. The van der Waals surface area contributed by atoms with Gasteiger partial charge in [0.05, 0.1) is 6.42 Å². The van der Waals surface area contributed by atoms with E-state index in [9.17, 15) is 9.59 Å². The third-order valence-electron chi connectivity index (χ3n) is 4.09. The van der Waals surface area contributed by atoms with E-state index in [0.29, 0.717) is 11.5 Å². The van der Waals surface area contributed by atoms with Gasteiger partial charge in [0, 0.05) is 17.5 Å². The van der Waals surface area contributed by atoms with Gasteiger partial charge in [-0.2, -0.15) is 0 Å². The van der Waals surface area contributed by atoms with Crippen LogP contribution < -0.4 is 0 Å². The van der Waals surface area contributed by atoms with Crippen molar-refractivity contribution in [1.29, 1.82) is 0 Å². The fraction of sp³-hybridized carbons (Fsp3) is 0.238. The summed E-state index contributed by atoms with van der Waals surface area (Å²) in [6.45, 7) is 3.69. The van der Waals surface area contributed by atoms with Gasteiger partial charge in [-0.3, -0.25) is 9.59 Å². The van der Waals surface area contributed by atoms with Crippen molar-refractivity contribution >= 4 is 11.8 Å². The number of aryl methyl sites for hydroxylation is 2. The molecule has 0 unspecified atom stereocenters. The highest BCUT2D eigenvalue weighted by Crippen LogP contribution is 2.18. The normalized spacial score (nSPS) is 10.6. The molecule has 0 atom stereocenters. The van der Waals surface area contributed by atoms with Crippen molar-refractivity contribution in [3.05, 3.63) is 71.1 Å². The Balaban J connectivity index is 1.49. The number of ketones is 1. The molecule has 0 aliphatic carbocycles. The number of nitrogens with zero attached hydrogens (tertiary/aromatic N) is 2. The summed E-state index contributed by atoms with van der Waals surface area (Å²) in [5.41, 5.74) is 3.35. The predicted octanol–water partition coefficient (Wildman–Crippen LogP) is 4.06. The highest BCUT2D eigenvalue weighted by molar-refractivity contribution is 5.98. The summed E-state index contributed by atoms with van der Waals surface area (Å²) in [5, 5.41) is 7.80. The van der Waals surface area contributed by atoms with E-state index in [0.717, 1.165) is 16.7 Å². The Morgan fingerprint density at radius 3 is 2.56 bits per heavy atom. The molecule has 0 saturated carbocycles. The molecule has 1 aromatic heterocycles. The third kappa shape index (κ3) is 4.88. The van der Waals surface area contributed by atoms with Crippen molar-refractivity contribution in [3.8, 4) is 11.5 Å². The van der Waals surface area contributed by atoms with Gasteiger partial charge in [0.15, 0.2) is 12.4 Å². The van der Waals surface area contributed by atoms with Gasteiger partial charge >= 0.3 is 5.97 Å². The van der Waals surface area contributed by atoms with Crippen LogP contribution in [0.4, 0.5) is 0 Å². The van der Waals surface area contributed by atoms with Gasteiger partial charge in [-0.15, -0.1) is 10.2 Å². The molecule has 1 heterocycles. The number of aromatic nitrogens is 2. The first-order valence-electron chi connectivity index (χ1n) is 8.67. The number of esters is 1. The number of rotatable bonds is 7. The molecular formula is C21H20N2O4. The molecule has 0 spiro atoms. The highest BCUT2D eigenvalue weighted by atomic mass is 16.5. The van der Waals surface area contributed by atoms with Crippen LogP contribution in [-0.4, -0.2) is 21.9 Å². The van der Waals surface area contributed by atoms with Crippen molar-refractivity contribution in [2.45, 2.75) is 33.3 Å². The minimum Gasteiger partial charge on any atom is -0.456 e. The molecule has 0 amide bonds. The van der Waals surface area contributed by atoms with Gasteiger partial charge in [-0.05, 0) is 37.6 Å². The van der Waals surface area contributed by atoms with Crippen LogP contribution in [0.1, 0.15) is 40.2 Å². The van der Waals surface area contributed by atoms with Crippen molar-refractivity contribution in [2.24, 2.45) is 0 Å². The summed E-state index contributed by atoms with van der Waals surface area (Å²) in [6, 6.07) is 15.0. The zero-order chi connectivity index (χ0) is 19.2. The number of hydrogen-bond acceptors (Lipinski definition) is 6. The molecule has 0 saturated heterocycles. The van der Waals surface area contributed by atoms with Crippen LogP contribution >= 0.6 is 0 Å². The summed E-state index contributed by atoms with van der Waals surface area (Å²) in [5.74, 6) is 0.0280. The summed E-state index contributed by atoms with van der Waals surface area (Å²) in [4.78, 5) is 24.2. The molecule has 3 rings (SSSR count). The maximum atomic E-state index is 12.3. The molecule has 0 N–H and O–H groups in total. The monoisotopic (exact) mass is 364 g/mol. The molecule has 0 aliphatic heterocycles. The molecule has 6 nitrogen and oxygen atoms in total. The number of carbonyl (C=O) groups is 2. The van der Waals surface area contributed by atoms with Crippen LogP contribution in [0, 0.1) is 13.8 Å². The lowest BCUT2D eigenvalue weighted by atomic mass is 9.99. The quantitative estimate of drug-likeness (QED) is 0.464. The largest absolute Gasteiger partial charge is 0.456 e. The lowest BCUT2D eigenvalue weighted by Crippen LogP contribution is -2.09. The maximum absolute atomic E-state index is 12.3. The van der Waals surface area contributed by atoms with E-state index in [1.165, 1.54) is 0 Å². The van der Waals surface area contributed by atoms with E-state index in [4.69, 9.17) is 9.15 Å². The second-order valence-electron chi connectivity index (χ2n) is 6.27. The SMILES string of the molecule is Cc1ccc(C)c(C(=O)CCC(=O)OCc2nnc(-c3ccccc3)o2)c1. The van der Waals surface area contributed by atoms with E-state index in [1.54, 1.807) is 0 Å². The van der Waals surface area contributed by atoms with E-state index >= 15 is 0 Å². The van der Waals surface area contributed by atoms with E-state index < -0.39 is 5.97 Å². The number of hydrogen-bond donors (Lipinski definition) is 0. The number of ether oxygens (including phenoxy) is 1. The highest BCUT2D eigenvalue weighted by Gasteiger charge is 2.14. The van der Waals surface area contributed by atoms with Crippen LogP contribution in [0.25, 0.3) is 11.5 Å². The standard InChI is InChI=1S/C21H20N2O4/c1-14-8-9-15(2)17(12-14)18(24)10-11-20(25)26-13-19-22-23-21(27-19)16-6-4-3-5-7-16/h3-9,12H,10-11,13H2,1-2H3.